The Morgan fingerprint density at radius 1 is 1.20 bits per heavy atom. The molecule has 0 aromatic heterocycles. The highest BCUT2D eigenvalue weighted by Crippen LogP contribution is 2.32. The molecule has 2 nitrogen and oxygen atoms in total. The number of halogens is 3. The monoisotopic (exact) mass is 402 g/mol. The lowest BCUT2D eigenvalue weighted by molar-refractivity contribution is 0.173. The molecule has 1 N–H and O–H groups in total. The van der Waals surface area contributed by atoms with Gasteiger partial charge >= 0.3 is 0 Å². The summed E-state index contributed by atoms with van der Waals surface area (Å²) in [7, 11) is 1.55. The van der Waals surface area contributed by atoms with Crippen LogP contribution in [0.2, 0.25) is 0 Å². The minimum absolute atomic E-state index is 0.297. The van der Waals surface area contributed by atoms with Crippen molar-refractivity contribution >= 4 is 31.9 Å². The highest BCUT2D eigenvalue weighted by atomic mass is 79.9. The summed E-state index contributed by atoms with van der Waals surface area (Å²) in [6, 6.07) is 9.85. The molecular weight excluding hydrogens is 391 g/mol. The molecule has 106 valence electrons. The van der Waals surface area contributed by atoms with Gasteiger partial charge in [0.05, 0.1) is 13.2 Å². The van der Waals surface area contributed by atoms with Crippen LogP contribution in [0, 0.1) is 5.82 Å². The Balaban J connectivity index is 2.30. The maximum absolute atomic E-state index is 13.3. The van der Waals surface area contributed by atoms with E-state index >= 15 is 0 Å². The van der Waals surface area contributed by atoms with E-state index in [1.807, 2.05) is 6.07 Å². The minimum Gasteiger partial charge on any atom is -0.496 e. The van der Waals surface area contributed by atoms with Crippen LogP contribution in [0.1, 0.15) is 17.2 Å². The molecule has 5 heteroatoms. The number of rotatable bonds is 4. The first kappa shape index (κ1) is 15.5. The number of aliphatic hydroxyl groups excluding tert-OH is 1. The average molecular weight is 404 g/mol. The largest absolute Gasteiger partial charge is 0.496 e. The van der Waals surface area contributed by atoms with Crippen LogP contribution >= 0.6 is 31.9 Å². The third-order valence-electron chi connectivity index (χ3n) is 2.97. The standard InChI is InChI=1S/C15H13Br2FO2/c1-20-15-5-2-10(16)8-12(15)14(19)7-9-6-11(18)3-4-13(9)17/h2-6,8,14,19H,7H2,1H3. The van der Waals surface area contributed by atoms with Gasteiger partial charge in [-0.05, 0) is 42.0 Å². The van der Waals surface area contributed by atoms with Gasteiger partial charge in [0.15, 0.2) is 0 Å². The van der Waals surface area contributed by atoms with Gasteiger partial charge in [0, 0.05) is 20.9 Å². The van der Waals surface area contributed by atoms with Gasteiger partial charge in [0.1, 0.15) is 11.6 Å². The van der Waals surface area contributed by atoms with Gasteiger partial charge in [0.2, 0.25) is 0 Å². The molecule has 0 aliphatic heterocycles. The fraction of sp³-hybridized carbons (Fsp3) is 0.200. The molecule has 0 fully saturated rings. The second kappa shape index (κ2) is 6.70. The lowest BCUT2D eigenvalue weighted by atomic mass is 10.0. The SMILES string of the molecule is COc1ccc(Br)cc1C(O)Cc1cc(F)ccc1Br. The molecule has 0 heterocycles. The molecular formula is C15H13Br2FO2. The van der Waals surface area contributed by atoms with Crippen LogP contribution in [-0.4, -0.2) is 12.2 Å². The van der Waals surface area contributed by atoms with Crippen molar-refractivity contribution in [1.82, 2.24) is 0 Å². The fourth-order valence-corrected chi connectivity index (χ4v) is 2.77. The van der Waals surface area contributed by atoms with Gasteiger partial charge in [-0.1, -0.05) is 31.9 Å². The molecule has 1 atom stereocenters. The van der Waals surface area contributed by atoms with E-state index in [1.165, 1.54) is 12.1 Å². The summed E-state index contributed by atoms with van der Waals surface area (Å²) < 4.78 is 20.1. The predicted molar refractivity (Wildman–Crippen MR) is 83.5 cm³/mol. The molecule has 2 aromatic carbocycles. The summed E-state index contributed by atoms with van der Waals surface area (Å²) in [4.78, 5) is 0. The fourth-order valence-electron chi connectivity index (χ4n) is 1.98. The lowest BCUT2D eigenvalue weighted by Crippen LogP contribution is -2.05. The zero-order chi connectivity index (χ0) is 14.7. The van der Waals surface area contributed by atoms with Crippen LogP contribution in [0.3, 0.4) is 0 Å². The van der Waals surface area contributed by atoms with Gasteiger partial charge in [-0.15, -0.1) is 0 Å². The second-order valence-corrected chi connectivity index (χ2v) is 6.11. The average Bonchev–Trinajstić information content (AvgIpc) is 2.42. The first-order chi connectivity index (χ1) is 9.51. The van der Waals surface area contributed by atoms with Crippen LogP contribution in [0.4, 0.5) is 4.39 Å². The number of aliphatic hydroxyl groups is 1. The molecule has 0 saturated carbocycles. The highest BCUT2D eigenvalue weighted by molar-refractivity contribution is 9.10. The number of methoxy groups -OCH3 is 1. The molecule has 0 amide bonds. The van der Waals surface area contributed by atoms with Crippen LogP contribution in [0.15, 0.2) is 45.3 Å². The van der Waals surface area contributed by atoms with Crippen LogP contribution in [0.5, 0.6) is 5.75 Å². The van der Waals surface area contributed by atoms with Crippen molar-refractivity contribution in [2.45, 2.75) is 12.5 Å². The number of hydrogen-bond donors (Lipinski definition) is 1. The Hall–Kier alpha value is -0.910. The zero-order valence-corrected chi connectivity index (χ0v) is 13.9. The third kappa shape index (κ3) is 3.59. The maximum Gasteiger partial charge on any atom is 0.124 e. The van der Waals surface area contributed by atoms with Crippen molar-refractivity contribution in [2.24, 2.45) is 0 Å². The van der Waals surface area contributed by atoms with Crippen molar-refractivity contribution in [3.8, 4) is 5.75 Å². The first-order valence-electron chi connectivity index (χ1n) is 5.96. The Morgan fingerprint density at radius 2 is 1.95 bits per heavy atom. The summed E-state index contributed by atoms with van der Waals surface area (Å²) in [6.07, 6.45) is -0.480. The van der Waals surface area contributed by atoms with Gasteiger partial charge in [-0.3, -0.25) is 0 Å². The maximum atomic E-state index is 13.3. The van der Waals surface area contributed by atoms with E-state index in [9.17, 15) is 9.50 Å². The summed E-state index contributed by atoms with van der Waals surface area (Å²) in [5.41, 5.74) is 1.37. The molecule has 0 radical (unpaired) electrons. The Morgan fingerprint density at radius 3 is 2.65 bits per heavy atom. The lowest BCUT2D eigenvalue weighted by Gasteiger charge is -2.16. The molecule has 0 spiro atoms. The summed E-state index contributed by atoms with van der Waals surface area (Å²) in [5, 5.41) is 10.4. The van der Waals surface area contributed by atoms with E-state index in [-0.39, 0.29) is 5.82 Å². The number of benzene rings is 2. The van der Waals surface area contributed by atoms with Gasteiger partial charge in [0.25, 0.3) is 0 Å². The quantitative estimate of drug-likeness (QED) is 0.805. The van der Waals surface area contributed by atoms with E-state index in [0.717, 1.165) is 8.95 Å². The van der Waals surface area contributed by atoms with Gasteiger partial charge in [-0.25, -0.2) is 4.39 Å². The normalized spacial score (nSPS) is 12.2. The minimum atomic E-state index is -0.777. The van der Waals surface area contributed by atoms with Crippen molar-refractivity contribution in [3.63, 3.8) is 0 Å². The van der Waals surface area contributed by atoms with E-state index < -0.39 is 6.10 Å². The summed E-state index contributed by atoms with van der Waals surface area (Å²) >= 11 is 6.73. The van der Waals surface area contributed by atoms with E-state index in [1.54, 1.807) is 25.3 Å². The van der Waals surface area contributed by atoms with Gasteiger partial charge in [-0.2, -0.15) is 0 Å². The molecule has 0 saturated heterocycles. The Bertz CT molecular complexity index is 617. The predicted octanol–water partition coefficient (Wildman–Crippen LogP) is 4.64. The Labute approximate surface area is 133 Å². The smallest absolute Gasteiger partial charge is 0.124 e. The van der Waals surface area contributed by atoms with Crippen LogP contribution in [-0.2, 0) is 6.42 Å². The van der Waals surface area contributed by atoms with Crippen molar-refractivity contribution < 1.29 is 14.2 Å². The van der Waals surface area contributed by atoms with Crippen molar-refractivity contribution in [3.05, 3.63) is 62.3 Å². The molecule has 0 bridgehead atoms. The molecule has 2 aromatic rings. The van der Waals surface area contributed by atoms with Crippen LogP contribution < -0.4 is 4.74 Å². The molecule has 0 aliphatic rings. The van der Waals surface area contributed by atoms with Gasteiger partial charge < -0.3 is 9.84 Å². The summed E-state index contributed by atoms with van der Waals surface area (Å²) in [6.45, 7) is 0. The van der Waals surface area contributed by atoms with Crippen molar-refractivity contribution in [2.75, 3.05) is 7.11 Å². The van der Waals surface area contributed by atoms with E-state index in [2.05, 4.69) is 31.9 Å². The molecule has 0 aliphatic carbocycles. The third-order valence-corrected chi connectivity index (χ3v) is 4.24. The zero-order valence-electron chi connectivity index (χ0n) is 10.7. The number of hydrogen-bond acceptors (Lipinski definition) is 2. The second-order valence-electron chi connectivity index (χ2n) is 4.34. The molecule has 2 rings (SSSR count). The highest BCUT2D eigenvalue weighted by Gasteiger charge is 2.16. The van der Waals surface area contributed by atoms with Crippen molar-refractivity contribution in [1.29, 1.82) is 0 Å². The number of ether oxygens (including phenoxy) is 1. The Kier molecular flexibility index (Phi) is 5.18. The van der Waals surface area contributed by atoms with E-state index in [4.69, 9.17) is 4.74 Å². The first-order valence-corrected chi connectivity index (χ1v) is 7.55. The molecule has 1 unspecified atom stereocenters. The molecule has 20 heavy (non-hydrogen) atoms. The van der Waals surface area contributed by atoms with Crippen LogP contribution in [0.25, 0.3) is 0 Å². The summed E-state index contributed by atoms with van der Waals surface area (Å²) in [5.74, 6) is 0.282. The topological polar surface area (TPSA) is 29.5 Å². The van der Waals surface area contributed by atoms with E-state index in [0.29, 0.717) is 23.3 Å².